The lowest BCUT2D eigenvalue weighted by atomic mass is 10.0. The van der Waals surface area contributed by atoms with Crippen LogP contribution in [0.25, 0.3) is 0 Å². The summed E-state index contributed by atoms with van der Waals surface area (Å²) in [6.07, 6.45) is 3.59. The van der Waals surface area contributed by atoms with Crippen LogP contribution in [0.4, 0.5) is 0 Å². The van der Waals surface area contributed by atoms with Gasteiger partial charge in [-0.3, -0.25) is 14.7 Å². The average Bonchev–Trinajstić information content (AvgIpc) is 2.46. The number of pyridine rings is 1. The van der Waals surface area contributed by atoms with Gasteiger partial charge in [-0.25, -0.2) is 0 Å². The summed E-state index contributed by atoms with van der Waals surface area (Å²) in [5.41, 5.74) is 1.20. The number of amides is 1. The minimum absolute atomic E-state index is 0.0723. The molecule has 1 amide bonds. The van der Waals surface area contributed by atoms with E-state index in [4.69, 9.17) is 0 Å². The topological polar surface area (TPSA) is 57.3 Å². The fraction of sp³-hybridized carbons (Fsp3) is 0.538. The molecule has 0 aromatic carbocycles. The molecule has 5 heteroatoms. The third-order valence-electron chi connectivity index (χ3n) is 3.52. The van der Waals surface area contributed by atoms with Crippen molar-refractivity contribution >= 4 is 5.91 Å². The van der Waals surface area contributed by atoms with Gasteiger partial charge in [-0.05, 0) is 24.6 Å². The number of hydrogen-bond donors (Lipinski definition) is 2. The minimum Gasteiger partial charge on any atom is -0.358 e. The monoisotopic (exact) mass is 248 g/mol. The zero-order chi connectivity index (χ0) is 13.0. The molecule has 2 heterocycles. The maximum Gasteiger partial charge on any atom is 0.238 e. The van der Waals surface area contributed by atoms with E-state index in [0.717, 1.165) is 13.1 Å². The molecule has 1 aliphatic heterocycles. The normalized spacial score (nSPS) is 22.4. The molecule has 2 N–H and O–H groups in total. The first-order valence-electron chi connectivity index (χ1n) is 6.32. The van der Waals surface area contributed by atoms with E-state index in [9.17, 15) is 4.79 Å². The van der Waals surface area contributed by atoms with E-state index in [-0.39, 0.29) is 18.0 Å². The molecule has 0 spiro atoms. The highest BCUT2D eigenvalue weighted by atomic mass is 16.2. The number of hydrogen-bond acceptors (Lipinski definition) is 4. The molecule has 1 aromatic rings. The molecule has 1 saturated heterocycles. The number of rotatable bonds is 3. The van der Waals surface area contributed by atoms with Crippen LogP contribution in [0.2, 0.25) is 0 Å². The molecule has 2 unspecified atom stereocenters. The molecule has 98 valence electrons. The Kier molecular flexibility index (Phi) is 4.28. The zero-order valence-electron chi connectivity index (χ0n) is 10.9. The van der Waals surface area contributed by atoms with E-state index in [0.29, 0.717) is 6.54 Å². The van der Waals surface area contributed by atoms with Crippen LogP contribution in [0.15, 0.2) is 24.5 Å². The Balaban J connectivity index is 2.16. The zero-order valence-corrected chi connectivity index (χ0v) is 10.9. The lowest BCUT2D eigenvalue weighted by Gasteiger charge is -2.39. The molecular weight excluding hydrogens is 228 g/mol. The maximum absolute atomic E-state index is 11.9. The number of nitrogens with zero attached hydrogens (tertiary/aromatic N) is 2. The lowest BCUT2D eigenvalue weighted by Crippen LogP contribution is -2.57. The van der Waals surface area contributed by atoms with Crippen LogP contribution in [0, 0.1) is 0 Å². The Morgan fingerprint density at radius 1 is 1.56 bits per heavy atom. The predicted molar refractivity (Wildman–Crippen MR) is 70.1 cm³/mol. The van der Waals surface area contributed by atoms with Gasteiger partial charge in [0.05, 0.1) is 0 Å². The van der Waals surface area contributed by atoms with Gasteiger partial charge < -0.3 is 10.6 Å². The van der Waals surface area contributed by atoms with E-state index in [1.54, 1.807) is 19.4 Å². The summed E-state index contributed by atoms with van der Waals surface area (Å²) < 4.78 is 0. The molecule has 0 bridgehead atoms. The second-order valence-electron chi connectivity index (χ2n) is 4.53. The van der Waals surface area contributed by atoms with Crippen molar-refractivity contribution in [2.45, 2.75) is 19.0 Å². The number of likely N-dealkylation sites (N-methyl/N-ethyl adjacent to an activating group) is 1. The van der Waals surface area contributed by atoms with Crippen molar-refractivity contribution in [3.05, 3.63) is 30.1 Å². The number of aromatic nitrogens is 1. The molecule has 18 heavy (non-hydrogen) atoms. The minimum atomic E-state index is -0.105. The van der Waals surface area contributed by atoms with Crippen molar-refractivity contribution in [1.82, 2.24) is 20.5 Å². The molecule has 1 aromatic heterocycles. The highest BCUT2D eigenvalue weighted by molar-refractivity contribution is 5.81. The fourth-order valence-electron chi connectivity index (χ4n) is 2.43. The number of carbonyl (C=O) groups is 1. The highest BCUT2D eigenvalue weighted by Gasteiger charge is 2.31. The van der Waals surface area contributed by atoms with Crippen molar-refractivity contribution in [3.63, 3.8) is 0 Å². The van der Waals surface area contributed by atoms with Crippen LogP contribution >= 0.6 is 0 Å². The number of piperazine rings is 1. The smallest absolute Gasteiger partial charge is 0.238 e. The van der Waals surface area contributed by atoms with Gasteiger partial charge >= 0.3 is 0 Å². The van der Waals surface area contributed by atoms with Crippen LogP contribution in [-0.4, -0.2) is 48.5 Å². The second-order valence-corrected chi connectivity index (χ2v) is 4.53. The quantitative estimate of drug-likeness (QED) is 0.800. The third-order valence-corrected chi connectivity index (χ3v) is 3.52. The van der Waals surface area contributed by atoms with E-state index in [2.05, 4.69) is 27.4 Å². The summed E-state index contributed by atoms with van der Waals surface area (Å²) in [6, 6.07) is 4.13. The van der Waals surface area contributed by atoms with Crippen LogP contribution < -0.4 is 10.6 Å². The lowest BCUT2D eigenvalue weighted by molar-refractivity contribution is -0.127. The highest BCUT2D eigenvalue weighted by Crippen LogP contribution is 2.22. The summed E-state index contributed by atoms with van der Waals surface area (Å²) in [5, 5.41) is 6.01. The van der Waals surface area contributed by atoms with Gasteiger partial charge in [0, 0.05) is 45.1 Å². The van der Waals surface area contributed by atoms with Gasteiger partial charge in [-0.15, -0.1) is 0 Å². The Labute approximate surface area is 108 Å². The summed E-state index contributed by atoms with van der Waals surface area (Å²) in [7, 11) is 1.69. The molecule has 2 atom stereocenters. The molecule has 1 fully saturated rings. The molecule has 1 aliphatic rings. The second kappa shape index (κ2) is 5.93. The first-order chi connectivity index (χ1) is 8.74. The van der Waals surface area contributed by atoms with Gasteiger partial charge in [-0.2, -0.15) is 0 Å². The summed E-state index contributed by atoms with van der Waals surface area (Å²) in [6.45, 7) is 4.64. The number of nitrogens with one attached hydrogen (secondary N) is 2. The standard InChI is InChI=1S/C13H20N4O/c1-10(11-3-5-15-6-4-11)17-8-7-16-9-12(17)13(18)14-2/h3-6,10,12,16H,7-9H2,1-2H3,(H,14,18). The molecular formula is C13H20N4O. The third kappa shape index (κ3) is 2.68. The Hall–Kier alpha value is -1.46. The molecule has 5 nitrogen and oxygen atoms in total. The van der Waals surface area contributed by atoms with Crippen molar-refractivity contribution in [2.24, 2.45) is 0 Å². The van der Waals surface area contributed by atoms with Crippen molar-refractivity contribution in [3.8, 4) is 0 Å². The largest absolute Gasteiger partial charge is 0.358 e. The van der Waals surface area contributed by atoms with Gasteiger partial charge in [0.25, 0.3) is 0 Å². The van der Waals surface area contributed by atoms with Crippen LogP contribution in [-0.2, 0) is 4.79 Å². The average molecular weight is 248 g/mol. The van der Waals surface area contributed by atoms with E-state index >= 15 is 0 Å². The van der Waals surface area contributed by atoms with Gasteiger partial charge in [0.1, 0.15) is 6.04 Å². The SMILES string of the molecule is CNC(=O)C1CNCCN1C(C)c1ccncc1. The summed E-state index contributed by atoms with van der Waals surface area (Å²) in [5.74, 6) is 0.0723. The summed E-state index contributed by atoms with van der Waals surface area (Å²) in [4.78, 5) is 18.2. The molecule has 0 radical (unpaired) electrons. The first-order valence-corrected chi connectivity index (χ1v) is 6.32. The van der Waals surface area contributed by atoms with Gasteiger partial charge in [0.15, 0.2) is 0 Å². The fourth-order valence-corrected chi connectivity index (χ4v) is 2.43. The predicted octanol–water partition coefficient (Wildman–Crippen LogP) is 0.162. The van der Waals surface area contributed by atoms with Gasteiger partial charge in [0.2, 0.25) is 5.91 Å². The van der Waals surface area contributed by atoms with E-state index < -0.39 is 0 Å². The Bertz CT molecular complexity index is 395. The first kappa shape index (κ1) is 13.0. The van der Waals surface area contributed by atoms with E-state index in [1.807, 2.05) is 12.1 Å². The number of carbonyl (C=O) groups excluding carboxylic acids is 1. The Morgan fingerprint density at radius 3 is 2.94 bits per heavy atom. The molecule has 0 aliphatic carbocycles. The van der Waals surface area contributed by atoms with Crippen molar-refractivity contribution in [2.75, 3.05) is 26.7 Å². The van der Waals surface area contributed by atoms with Crippen molar-refractivity contribution < 1.29 is 4.79 Å². The van der Waals surface area contributed by atoms with Crippen LogP contribution in [0.5, 0.6) is 0 Å². The Morgan fingerprint density at radius 2 is 2.28 bits per heavy atom. The molecule has 2 rings (SSSR count). The maximum atomic E-state index is 11.9. The van der Waals surface area contributed by atoms with E-state index in [1.165, 1.54) is 5.56 Å². The van der Waals surface area contributed by atoms with Crippen LogP contribution in [0.3, 0.4) is 0 Å². The summed E-state index contributed by atoms with van der Waals surface area (Å²) >= 11 is 0. The van der Waals surface area contributed by atoms with Crippen molar-refractivity contribution in [1.29, 1.82) is 0 Å². The molecule has 0 saturated carbocycles. The van der Waals surface area contributed by atoms with Crippen LogP contribution in [0.1, 0.15) is 18.5 Å². The van der Waals surface area contributed by atoms with Gasteiger partial charge in [-0.1, -0.05) is 0 Å².